The van der Waals surface area contributed by atoms with Crippen molar-refractivity contribution in [2.45, 2.75) is 25.9 Å². The molecule has 1 atom stereocenters. The number of likely N-dealkylation sites (tertiary alicyclic amines) is 1. The maximum Gasteiger partial charge on any atom is 0.319 e. The number of nitrogens with zero attached hydrogens (tertiary/aromatic N) is 2. The third-order valence-electron chi connectivity index (χ3n) is 5.01. The van der Waals surface area contributed by atoms with Crippen molar-refractivity contribution in [1.82, 2.24) is 15.2 Å². The number of hydrogen-bond donors (Lipinski definition) is 2. The largest absolute Gasteiger partial charge is 0.334 e. The van der Waals surface area contributed by atoms with E-state index in [0.717, 1.165) is 48.2 Å². The minimum absolute atomic E-state index is 0.150. The summed E-state index contributed by atoms with van der Waals surface area (Å²) < 4.78 is 0. The van der Waals surface area contributed by atoms with Gasteiger partial charge in [0.1, 0.15) is 0 Å². The number of pyridine rings is 1. The van der Waals surface area contributed by atoms with E-state index in [2.05, 4.69) is 44.8 Å². The molecule has 138 valence electrons. The maximum absolute atomic E-state index is 12.5. The quantitative estimate of drug-likeness (QED) is 0.741. The predicted molar refractivity (Wildman–Crippen MR) is 109 cm³/mol. The summed E-state index contributed by atoms with van der Waals surface area (Å²) in [5, 5.41) is 8.16. The zero-order valence-electron chi connectivity index (χ0n) is 15.5. The Balaban J connectivity index is 1.36. The lowest BCUT2D eigenvalue weighted by Gasteiger charge is -2.17. The fraction of sp³-hybridized carbons (Fsp3) is 0.273. The molecule has 1 fully saturated rings. The number of carbonyl (C=O) groups excluding carboxylic acids is 1. The van der Waals surface area contributed by atoms with Crippen LogP contribution in [0.2, 0.25) is 0 Å². The molecule has 0 bridgehead atoms. The van der Waals surface area contributed by atoms with Gasteiger partial charge < -0.3 is 10.6 Å². The Morgan fingerprint density at radius 3 is 2.89 bits per heavy atom. The molecule has 2 amide bonds. The van der Waals surface area contributed by atoms with Gasteiger partial charge in [0.2, 0.25) is 0 Å². The van der Waals surface area contributed by atoms with Crippen LogP contribution in [0, 0.1) is 6.92 Å². The van der Waals surface area contributed by atoms with Crippen LogP contribution in [0.15, 0.2) is 60.8 Å². The molecule has 1 aliphatic heterocycles. The molecule has 0 aliphatic carbocycles. The molecule has 2 heterocycles. The van der Waals surface area contributed by atoms with E-state index >= 15 is 0 Å². The Kier molecular flexibility index (Phi) is 5.03. The number of anilines is 1. The van der Waals surface area contributed by atoms with Gasteiger partial charge in [-0.25, -0.2) is 4.79 Å². The average molecular weight is 360 g/mol. The Morgan fingerprint density at radius 1 is 1.19 bits per heavy atom. The molecule has 5 heteroatoms. The Labute approximate surface area is 159 Å². The van der Waals surface area contributed by atoms with Gasteiger partial charge in [-0.2, -0.15) is 0 Å². The molecule has 0 radical (unpaired) electrons. The lowest BCUT2D eigenvalue weighted by atomic mass is 10.1. The zero-order valence-corrected chi connectivity index (χ0v) is 15.5. The molecule has 4 rings (SSSR count). The molecule has 5 nitrogen and oxygen atoms in total. The Morgan fingerprint density at radius 2 is 2.04 bits per heavy atom. The minimum Gasteiger partial charge on any atom is -0.334 e. The second-order valence-corrected chi connectivity index (χ2v) is 7.16. The van der Waals surface area contributed by atoms with Crippen molar-refractivity contribution in [2.75, 3.05) is 18.4 Å². The highest BCUT2D eigenvalue weighted by Crippen LogP contribution is 2.23. The van der Waals surface area contributed by atoms with Crippen LogP contribution >= 0.6 is 0 Å². The number of rotatable bonds is 4. The van der Waals surface area contributed by atoms with Crippen LogP contribution in [-0.2, 0) is 6.54 Å². The van der Waals surface area contributed by atoms with Gasteiger partial charge in [0, 0.05) is 48.3 Å². The Hall–Kier alpha value is -2.92. The molecular weight excluding hydrogens is 336 g/mol. The molecule has 2 N–H and O–H groups in total. The second kappa shape index (κ2) is 7.76. The number of nitrogens with one attached hydrogen (secondary N) is 2. The molecule has 0 spiro atoms. The van der Waals surface area contributed by atoms with Crippen LogP contribution in [0.1, 0.15) is 17.7 Å². The standard InChI is InChI=1S/C22H24N4O/c1-16-12-20-18(13-23-16)8-5-9-21(20)25-22(27)24-19-10-11-26(15-19)14-17-6-3-2-4-7-17/h2-9,12-13,19H,10-11,14-15H2,1H3,(H2,24,25,27). The first kappa shape index (κ1) is 17.5. The number of carbonyl (C=O) groups is 1. The van der Waals surface area contributed by atoms with Crippen LogP contribution in [0.5, 0.6) is 0 Å². The molecule has 3 aromatic rings. The van der Waals surface area contributed by atoms with Gasteiger partial charge in [-0.3, -0.25) is 9.88 Å². The summed E-state index contributed by atoms with van der Waals surface area (Å²) >= 11 is 0. The molecule has 27 heavy (non-hydrogen) atoms. The lowest BCUT2D eigenvalue weighted by Crippen LogP contribution is -2.39. The number of amides is 2. The first-order valence-corrected chi connectivity index (χ1v) is 9.36. The van der Waals surface area contributed by atoms with E-state index < -0.39 is 0 Å². The van der Waals surface area contributed by atoms with Gasteiger partial charge in [0.25, 0.3) is 0 Å². The van der Waals surface area contributed by atoms with Gasteiger partial charge in [-0.1, -0.05) is 42.5 Å². The average Bonchev–Trinajstić information content (AvgIpc) is 3.09. The van der Waals surface area contributed by atoms with Gasteiger partial charge in [0.05, 0.1) is 5.69 Å². The topological polar surface area (TPSA) is 57.3 Å². The fourth-order valence-electron chi connectivity index (χ4n) is 3.66. The van der Waals surface area contributed by atoms with Gasteiger partial charge >= 0.3 is 6.03 Å². The van der Waals surface area contributed by atoms with Crippen LogP contribution in [0.25, 0.3) is 10.8 Å². The van der Waals surface area contributed by atoms with Gasteiger partial charge in [-0.15, -0.1) is 0 Å². The first-order chi connectivity index (χ1) is 13.2. The van der Waals surface area contributed by atoms with E-state index in [1.807, 2.05) is 43.5 Å². The van der Waals surface area contributed by atoms with Crippen LogP contribution in [0.3, 0.4) is 0 Å². The summed E-state index contributed by atoms with van der Waals surface area (Å²) in [6.07, 6.45) is 2.81. The summed E-state index contributed by atoms with van der Waals surface area (Å²) in [4.78, 5) is 19.2. The van der Waals surface area contributed by atoms with E-state index in [0.29, 0.717) is 0 Å². The van der Waals surface area contributed by atoms with Crippen molar-refractivity contribution in [3.8, 4) is 0 Å². The zero-order chi connectivity index (χ0) is 18.6. The number of aromatic nitrogens is 1. The van der Waals surface area contributed by atoms with Crippen LogP contribution in [-0.4, -0.2) is 35.0 Å². The Bertz CT molecular complexity index is 941. The van der Waals surface area contributed by atoms with Crippen molar-refractivity contribution in [1.29, 1.82) is 0 Å². The van der Waals surface area contributed by atoms with Gasteiger partial charge in [-0.05, 0) is 31.0 Å². The van der Waals surface area contributed by atoms with E-state index in [1.165, 1.54) is 5.56 Å². The monoisotopic (exact) mass is 360 g/mol. The van der Waals surface area contributed by atoms with Crippen LogP contribution < -0.4 is 10.6 Å². The molecule has 1 unspecified atom stereocenters. The summed E-state index contributed by atoms with van der Waals surface area (Å²) in [5.41, 5.74) is 3.06. The third kappa shape index (κ3) is 4.26. The molecule has 1 aliphatic rings. The van der Waals surface area contributed by atoms with Crippen molar-refractivity contribution in [2.24, 2.45) is 0 Å². The number of fused-ring (bicyclic) bond motifs is 1. The molecular formula is C22H24N4O. The summed E-state index contributed by atoms with van der Waals surface area (Å²) in [7, 11) is 0. The lowest BCUT2D eigenvalue weighted by molar-refractivity contribution is 0.247. The number of urea groups is 1. The highest BCUT2D eigenvalue weighted by atomic mass is 16.2. The van der Waals surface area contributed by atoms with Crippen LogP contribution in [0.4, 0.5) is 10.5 Å². The highest BCUT2D eigenvalue weighted by Gasteiger charge is 2.24. The van der Waals surface area contributed by atoms with Gasteiger partial charge in [0.15, 0.2) is 0 Å². The van der Waals surface area contributed by atoms with Crippen molar-refractivity contribution in [3.05, 3.63) is 72.1 Å². The summed E-state index contributed by atoms with van der Waals surface area (Å²) in [6, 6.07) is 18.3. The third-order valence-corrected chi connectivity index (χ3v) is 5.01. The smallest absolute Gasteiger partial charge is 0.319 e. The van der Waals surface area contributed by atoms with Crippen molar-refractivity contribution < 1.29 is 4.79 Å². The normalized spacial score (nSPS) is 17.1. The molecule has 0 saturated carbocycles. The summed E-state index contributed by atoms with van der Waals surface area (Å²) in [5.74, 6) is 0. The predicted octanol–water partition coefficient (Wildman–Crippen LogP) is 3.94. The minimum atomic E-state index is -0.150. The number of benzene rings is 2. The highest BCUT2D eigenvalue weighted by molar-refractivity contribution is 6.01. The van der Waals surface area contributed by atoms with E-state index in [-0.39, 0.29) is 12.1 Å². The second-order valence-electron chi connectivity index (χ2n) is 7.16. The number of aryl methyl sites for hydroxylation is 1. The maximum atomic E-state index is 12.5. The summed E-state index contributed by atoms with van der Waals surface area (Å²) in [6.45, 7) is 4.76. The molecule has 1 saturated heterocycles. The van der Waals surface area contributed by atoms with Crippen molar-refractivity contribution in [3.63, 3.8) is 0 Å². The van der Waals surface area contributed by atoms with Crippen molar-refractivity contribution >= 4 is 22.5 Å². The number of hydrogen-bond acceptors (Lipinski definition) is 3. The SMILES string of the molecule is Cc1cc2c(NC(=O)NC3CCN(Cc4ccccc4)C3)cccc2cn1. The van der Waals surface area contributed by atoms with E-state index in [9.17, 15) is 4.79 Å². The molecule has 1 aromatic heterocycles. The van der Waals surface area contributed by atoms with E-state index in [1.54, 1.807) is 0 Å². The van der Waals surface area contributed by atoms with E-state index in [4.69, 9.17) is 0 Å². The fourth-order valence-corrected chi connectivity index (χ4v) is 3.66. The first-order valence-electron chi connectivity index (χ1n) is 9.36. The molecule has 2 aromatic carbocycles.